The Hall–Kier alpha value is -1.75. The third-order valence-corrected chi connectivity index (χ3v) is 3.21. The maximum atomic E-state index is 12.0. The van der Waals surface area contributed by atoms with E-state index in [0.29, 0.717) is 17.9 Å². The van der Waals surface area contributed by atoms with Crippen molar-refractivity contribution in [2.45, 2.75) is 13.3 Å². The molecule has 4 nitrogen and oxygen atoms in total. The van der Waals surface area contributed by atoms with Crippen molar-refractivity contribution in [3.8, 4) is 5.88 Å². The molecule has 2 rings (SSSR count). The number of aryl methyl sites for hydroxylation is 1. The number of hydrogen-bond donors (Lipinski definition) is 0. The summed E-state index contributed by atoms with van der Waals surface area (Å²) in [6, 6.07) is 3.44. The van der Waals surface area contributed by atoms with Crippen LogP contribution in [0.4, 0.5) is 0 Å². The lowest BCUT2D eigenvalue weighted by molar-refractivity contribution is 0.0989. The largest absolute Gasteiger partial charge is 0.480 e. The smallest absolute Gasteiger partial charge is 0.224 e. The van der Waals surface area contributed by atoms with Crippen LogP contribution in [0.1, 0.15) is 21.1 Å². The summed E-state index contributed by atoms with van der Waals surface area (Å²) in [5.74, 6) is 0.343. The average molecular weight is 248 g/mol. The number of ether oxygens (including phenoxy) is 1. The molecule has 0 atom stereocenters. The summed E-state index contributed by atoms with van der Waals surface area (Å²) in [7, 11) is 1.51. The first kappa shape index (κ1) is 11.7. The van der Waals surface area contributed by atoms with Gasteiger partial charge < -0.3 is 4.74 Å². The number of thiazole rings is 1. The van der Waals surface area contributed by atoms with E-state index in [-0.39, 0.29) is 5.78 Å². The summed E-state index contributed by atoms with van der Waals surface area (Å²) in [5, 5.41) is 2.75. The SMILES string of the molecule is COc1ncccc1C(=O)Cc1nc(C)cs1. The van der Waals surface area contributed by atoms with Crippen molar-refractivity contribution in [1.82, 2.24) is 9.97 Å². The van der Waals surface area contributed by atoms with E-state index in [2.05, 4.69) is 9.97 Å². The first-order chi connectivity index (χ1) is 8.20. The molecule has 17 heavy (non-hydrogen) atoms. The second-order valence-corrected chi connectivity index (χ2v) is 4.49. The van der Waals surface area contributed by atoms with Crippen LogP contribution in [0.2, 0.25) is 0 Å². The number of carbonyl (C=O) groups excluding carboxylic acids is 1. The van der Waals surface area contributed by atoms with E-state index >= 15 is 0 Å². The molecule has 0 aliphatic heterocycles. The van der Waals surface area contributed by atoms with Gasteiger partial charge in [-0.3, -0.25) is 4.79 Å². The number of pyridine rings is 1. The normalized spacial score (nSPS) is 10.2. The molecular weight excluding hydrogens is 236 g/mol. The summed E-state index contributed by atoms with van der Waals surface area (Å²) in [5.41, 5.74) is 1.44. The highest BCUT2D eigenvalue weighted by atomic mass is 32.1. The average Bonchev–Trinajstić information content (AvgIpc) is 2.74. The molecular formula is C12H12N2O2S. The van der Waals surface area contributed by atoms with Gasteiger partial charge in [-0.25, -0.2) is 9.97 Å². The van der Waals surface area contributed by atoms with Crippen LogP contribution in [0.25, 0.3) is 0 Å². The predicted octanol–water partition coefficient (Wildman–Crippen LogP) is 2.28. The van der Waals surface area contributed by atoms with E-state index in [1.54, 1.807) is 18.3 Å². The van der Waals surface area contributed by atoms with Crippen molar-refractivity contribution >= 4 is 17.1 Å². The van der Waals surface area contributed by atoms with Crippen LogP contribution in [0, 0.1) is 6.92 Å². The molecule has 2 aromatic heterocycles. The maximum absolute atomic E-state index is 12.0. The van der Waals surface area contributed by atoms with Gasteiger partial charge >= 0.3 is 0 Å². The van der Waals surface area contributed by atoms with Crippen LogP contribution in [0.5, 0.6) is 5.88 Å². The van der Waals surface area contributed by atoms with Gasteiger partial charge in [0.2, 0.25) is 5.88 Å². The van der Waals surface area contributed by atoms with Gasteiger partial charge in [0.1, 0.15) is 5.01 Å². The molecule has 5 heteroatoms. The zero-order valence-corrected chi connectivity index (χ0v) is 10.5. The van der Waals surface area contributed by atoms with Gasteiger partial charge in [0.05, 0.1) is 19.1 Å². The summed E-state index contributed by atoms with van der Waals surface area (Å²) in [4.78, 5) is 20.3. The van der Waals surface area contributed by atoms with Crippen molar-refractivity contribution in [2.24, 2.45) is 0 Å². The van der Waals surface area contributed by atoms with Crippen molar-refractivity contribution in [1.29, 1.82) is 0 Å². The molecule has 0 radical (unpaired) electrons. The topological polar surface area (TPSA) is 52.1 Å². The molecule has 88 valence electrons. The number of hydrogen-bond acceptors (Lipinski definition) is 5. The lowest BCUT2D eigenvalue weighted by Crippen LogP contribution is -2.06. The van der Waals surface area contributed by atoms with Gasteiger partial charge in [-0.2, -0.15) is 0 Å². The number of methoxy groups -OCH3 is 1. The van der Waals surface area contributed by atoms with E-state index in [0.717, 1.165) is 10.7 Å². The Balaban J connectivity index is 2.20. The van der Waals surface area contributed by atoms with Gasteiger partial charge in [-0.1, -0.05) is 0 Å². The number of rotatable bonds is 4. The fourth-order valence-corrected chi connectivity index (χ4v) is 2.25. The second kappa shape index (κ2) is 5.05. The first-order valence-electron chi connectivity index (χ1n) is 5.14. The Bertz CT molecular complexity index is 537. The minimum absolute atomic E-state index is 0.0238. The van der Waals surface area contributed by atoms with Gasteiger partial charge in [0.15, 0.2) is 5.78 Å². The number of nitrogens with zero attached hydrogens (tertiary/aromatic N) is 2. The molecule has 0 unspecified atom stereocenters. The molecule has 0 amide bonds. The van der Waals surface area contributed by atoms with E-state index < -0.39 is 0 Å². The number of carbonyl (C=O) groups is 1. The standard InChI is InChI=1S/C12H12N2O2S/c1-8-7-17-11(14-8)6-10(15)9-4-3-5-13-12(9)16-2/h3-5,7H,6H2,1-2H3. The maximum Gasteiger partial charge on any atom is 0.224 e. The summed E-state index contributed by atoms with van der Waals surface area (Å²) in [6.45, 7) is 1.91. The number of ketones is 1. The highest BCUT2D eigenvalue weighted by molar-refractivity contribution is 7.09. The lowest BCUT2D eigenvalue weighted by Gasteiger charge is -2.04. The number of aromatic nitrogens is 2. The molecule has 0 bridgehead atoms. The summed E-state index contributed by atoms with van der Waals surface area (Å²) in [6.07, 6.45) is 1.89. The monoisotopic (exact) mass is 248 g/mol. The molecule has 2 heterocycles. The Kier molecular flexibility index (Phi) is 3.49. The highest BCUT2D eigenvalue weighted by Crippen LogP contribution is 2.18. The Morgan fingerprint density at radius 2 is 2.35 bits per heavy atom. The molecule has 0 N–H and O–H groups in total. The minimum atomic E-state index is -0.0238. The zero-order chi connectivity index (χ0) is 12.3. The fraction of sp³-hybridized carbons (Fsp3) is 0.250. The van der Waals surface area contributed by atoms with Gasteiger partial charge in [0, 0.05) is 17.3 Å². The van der Waals surface area contributed by atoms with Gasteiger partial charge in [-0.05, 0) is 19.1 Å². The van der Waals surface area contributed by atoms with Gasteiger partial charge in [-0.15, -0.1) is 11.3 Å². The molecule has 0 aliphatic carbocycles. The van der Waals surface area contributed by atoms with E-state index in [4.69, 9.17) is 4.74 Å². The van der Waals surface area contributed by atoms with Crippen LogP contribution in [-0.4, -0.2) is 22.9 Å². The highest BCUT2D eigenvalue weighted by Gasteiger charge is 2.14. The van der Waals surface area contributed by atoms with E-state index in [1.165, 1.54) is 18.4 Å². The van der Waals surface area contributed by atoms with Crippen molar-refractivity contribution < 1.29 is 9.53 Å². The minimum Gasteiger partial charge on any atom is -0.480 e. The molecule has 0 spiro atoms. The van der Waals surface area contributed by atoms with E-state index in [1.807, 2.05) is 12.3 Å². The van der Waals surface area contributed by atoms with Crippen molar-refractivity contribution in [3.05, 3.63) is 40.0 Å². The molecule has 0 aliphatic rings. The lowest BCUT2D eigenvalue weighted by atomic mass is 10.1. The fourth-order valence-electron chi connectivity index (χ4n) is 1.48. The van der Waals surface area contributed by atoms with Crippen LogP contribution in [0.15, 0.2) is 23.7 Å². The third-order valence-electron chi connectivity index (χ3n) is 2.24. The molecule has 0 aromatic carbocycles. The van der Waals surface area contributed by atoms with Crippen molar-refractivity contribution in [2.75, 3.05) is 7.11 Å². The second-order valence-electron chi connectivity index (χ2n) is 3.54. The summed E-state index contributed by atoms with van der Waals surface area (Å²) >= 11 is 1.49. The summed E-state index contributed by atoms with van der Waals surface area (Å²) < 4.78 is 5.06. The predicted molar refractivity (Wildman–Crippen MR) is 65.7 cm³/mol. The quantitative estimate of drug-likeness (QED) is 0.779. The van der Waals surface area contributed by atoms with Crippen LogP contribution >= 0.6 is 11.3 Å². The Labute approximate surface area is 103 Å². The molecule has 2 aromatic rings. The van der Waals surface area contributed by atoms with Crippen LogP contribution < -0.4 is 4.74 Å². The Morgan fingerprint density at radius 3 is 3.00 bits per heavy atom. The van der Waals surface area contributed by atoms with Crippen molar-refractivity contribution in [3.63, 3.8) is 0 Å². The molecule has 0 saturated heterocycles. The number of Topliss-reactive ketones (excluding diaryl/α,β-unsaturated/α-hetero) is 1. The van der Waals surface area contributed by atoms with Crippen LogP contribution in [0.3, 0.4) is 0 Å². The van der Waals surface area contributed by atoms with Crippen LogP contribution in [-0.2, 0) is 6.42 Å². The third kappa shape index (κ3) is 2.68. The zero-order valence-electron chi connectivity index (χ0n) is 9.64. The molecule has 0 fully saturated rings. The Morgan fingerprint density at radius 1 is 1.53 bits per heavy atom. The molecule has 0 saturated carbocycles. The first-order valence-corrected chi connectivity index (χ1v) is 6.02. The van der Waals surface area contributed by atoms with Gasteiger partial charge in [0.25, 0.3) is 0 Å². The van der Waals surface area contributed by atoms with E-state index in [9.17, 15) is 4.79 Å².